The van der Waals surface area contributed by atoms with Crippen LogP contribution in [0.1, 0.15) is 24.5 Å². The molecule has 0 aliphatic heterocycles. The lowest BCUT2D eigenvalue weighted by atomic mass is 9.96. The Labute approximate surface area is 134 Å². The Hall–Kier alpha value is -1.94. The van der Waals surface area contributed by atoms with Crippen LogP contribution >= 0.6 is 0 Å². The Bertz CT molecular complexity index is 638. The lowest BCUT2D eigenvalue weighted by Crippen LogP contribution is -2.33. The van der Waals surface area contributed by atoms with Gasteiger partial charge < -0.3 is 0 Å². The SMILES string of the molecule is CC[C@H](Cc1ccccc1)C(=O)NS(=O)c1ccc(C)cc1. The van der Waals surface area contributed by atoms with Crippen molar-refractivity contribution in [3.8, 4) is 0 Å². The molecule has 1 amide bonds. The van der Waals surface area contributed by atoms with Gasteiger partial charge >= 0.3 is 0 Å². The van der Waals surface area contributed by atoms with Crippen molar-refractivity contribution in [1.29, 1.82) is 0 Å². The Balaban J connectivity index is 2.00. The summed E-state index contributed by atoms with van der Waals surface area (Å²) in [4.78, 5) is 12.9. The molecule has 0 saturated carbocycles. The van der Waals surface area contributed by atoms with Crippen LogP contribution in [0.25, 0.3) is 0 Å². The number of carbonyl (C=O) groups excluding carboxylic acids is 1. The van der Waals surface area contributed by atoms with Gasteiger partial charge in [0.25, 0.3) is 0 Å². The molecule has 0 saturated heterocycles. The van der Waals surface area contributed by atoms with E-state index >= 15 is 0 Å². The van der Waals surface area contributed by atoms with Gasteiger partial charge in [-0.05, 0) is 37.5 Å². The zero-order valence-corrected chi connectivity index (χ0v) is 13.7. The molecule has 22 heavy (non-hydrogen) atoms. The molecule has 3 nitrogen and oxygen atoms in total. The minimum Gasteiger partial charge on any atom is -0.274 e. The number of amides is 1. The summed E-state index contributed by atoms with van der Waals surface area (Å²) in [7, 11) is -1.50. The highest BCUT2D eigenvalue weighted by Gasteiger charge is 2.19. The summed E-state index contributed by atoms with van der Waals surface area (Å²) in [5.41, 5.74) is 2.22. The van der Waals surface area contributed by atoms with E-state index in [2.05, 4.69) is 4.72 Å². The summed E-state index contributed by atoms with van der Waals surface area (Å²) in [5.74, 6) is -0.331. The third-order valence-corrected chi connectivity index (χ3v) is 4.70. The molecule has 0 aliphatic rings. The maximum Gasteiger partial charge on any atom is 0.235 e. The maximum absolute atomic E-state index is 12.3. The van der Waals surface area contributed by atoms with Crippen molar-refractivity contribution in [3.05, 3.63) is 65.7 Å². The number of carbonyl (C=O) groups is 1. The Morgan fingerprint density at radius 2 is 1.73 bits per heavy atom. The fourth-order valence-electron chi connectivity index (χ4n) is 2.22. The number of aryl methyl sites for hydroxylation is 1. The maximum atomic E-state index is 12.3. The molecule has 2 atom stereocenters. The first kappa shape index (κ1) is 16.4. The zero-order valence-electron chi connectivity index (χ0n) is 12.9. The standard InChI is InChI=1S/C18H21NO2S/c1-3-16(13-15-7-5-4-6-8-15)18(20)19-22(21)17-11-9-14(2)10-12-17/h4-12,16H,3,13H2,1-2H3,(H,19,20)/t16-,22?/m1/s1. The molecular weight excluding hydrogens is 294 g/mol. The molecule has 0 spiro atoms. The van der Waals surface area contributed by atoms with Gasteiger partial charge in [0.05, 0.1) is 4.90 Å². The minimum atomic E-state index is -1.50. The average molecular weight is 315 g/mol. The van der Waals surface area contributed by atoms with Crippen LogP contribution in [-0.4, -0.2) is 10.1 Å². The molecule has 0 aliphatic carbocycles. The lowest BCUT2D eigenvalue weighted by molar-refractivity contribution is -0.123. The smallest absolute Gasteiger partial charge is 0.235 e. The highest BCUT2D eigenvalue weighted by atomic mass is 32.2. The van der Waals surface area contributed by atoms with Crippen LogP contribution in [0, 0.1) is 12.8 Å². The normalized spacial score (nSPS) is 13.4. The summed E-state index contributed by atoms with van der Waals surface area (Å²) >= 11 is 0. The van der Waals surface area contributed by atoms with Crippen LogP contribution in [-0.2, 0) is 22.2 Å². The molecule has 1 N–H and O–H groups in total. The third-order valence-electron chi connectivity index (χ3n) is 3.62. The van der Waals surface area contributed by atoms with Gasteiger partial charge in [0, 0.05) is 5.92 Å². The Kier molecular flexibility index (Phi) is 5.90. The molecule has 0 radical (unpaired) electrons. The molecule has 116 valence electrons. The quantitative estimate of drug-likeness (QED) is 0.888. The van der Waals surface area contributed by atoms with Crippen molar-refractivity contribution in [2.24, 2.45) is 5.92 Å². The van der Waals surface area contributed by atoms with E-state index in [4.69, 9.17) is 0 Å². The second-order valence-electron chi connectivity index (χ2n) is 5.34. The summed E-state index contributed by atoms with van der Waals surface area (Å²) in [5, 5.41) is 0. The van der Waals surface area contributed by atoms with Crippen LogP contribution in [0.5, 0.6) is 0 Å². The van der Waals surface area contributed by atoms with Crippen LogP contribution < -0.4 is 4.72 Å². The zero-order chi connectivity index (χ0) is 15.9. The predicted octanol–water partition coefficient (Wildman–Crippen LogP) is 3.40. The molecular formula is C18H21NO2S. The second-order valence-corrected chi connectivity index (χ2v) is 6.56. The Morgan fingerprint density at radius 1 is 1.09 bits per heavy atom. The second kappa shape index (κ2) is 7.90. The summed E-state index contributed by atoms with van der Waals surface area (Å²) in [6.45, 7) is 3.94. The van der Waals surface area contributed by atoms with E-state index in [1.807, 2.05) is 56.3 Å². The van der Waals surface area contributed by atoms with E-state index in [1.165, 1.54) is 0 Å². The molecule has 1 unspecified atom stereocenters. The summed E-state index contributed by atoms with van der Waals surface area (Å²) < 4.78 is 14.8. The molecule has 4 heteroatoms. The number of benzene rings is 2. The number of rotatable bonds is 6. The van der Waals surface area contributed by atoms with Crippen molar-refractivity contribution >= 4 is 16.9 Å². The Morgan fingerprint density at radius 3 is 2.32 bits per heavy atom. The van der Waals surface area contributed by atoms with Crippen LogP contribution in [0.2, 0.25) is 0 Å². The first-order valence-electron chi connectivity index (χ1n) is 7.43. The van der Waals surface area contributed by atoms with E-state index in [1.54, 1.807) is 12.1 Å². The van der Waals surface area contributed by atoms with Gasteiger partial charge in [-0.2, -0.15) is 0 Å². The van der Waals surface area contributed by atoms with Crippen LogP contribution in [0.4, 0.5) is 0 Å². The topological polar surface area (TPSA) is 46.2 Å². The largest absolute Gasteiger partial charge is 0.274 e. The van der Waals surface area contributed by atoms with Crippen molar-refractivity contribution in [2.45, 2.75) is 31.6 Å². The van der Waals surface area contributed by atoms with Gasteiger partial charge in [-0.1, -0.05) is 55.0 Å². The molecule has 0 bridgehead atoms. The molecule has 0 heterocycles. The van der Waals surface area contributed by atoms with Gasteiger partial charge in [-0.15, -0.1) is 0 Å². The number of hydrogen-bond acceptors (Lipinski definition) is 2. The van der Waals surface area contributed by atoms with E-state index in [0.29, 0.717) is 17.7 Å². The van der Waals surface area contributed by atoms with Crippen molar-refractivity contribution in [3.63, 3.8) is 0 Å². The lowest BCUT2D eigenvalue weighted by Gasteiger charge is -2.14. The minimum absolute atomic E-state index is 0.162. The molecule has 2 aromatic rings. The fraction of sp³-hybridized carbons (Fsp3) is 0.278. The van der Waals surface area contributed by atoms with Crippen LogP contribution in [0.3, 0.4) is 0 Å². The third kappa shape index (κ3) is 4.53. The fourth-order valence-corrected chi connectivity index (χ4v) is 3.07. The number of nitrogens with one attached hydrogen (secondary N) is 1. The van der Waals surface area contributed by atoms with E-state index in [-0.39, 0.29) is 11.8 Å². The molecule has 2 rings (SSSR count). The molecule has 0 aromatic heterocycles. The highest BCUT2D eigenvalue weighted by molar-refractivity contribution is 7.83. The van der Waals surface area contributed by atoms with Crippen LogP contribution in [0.15, 0.2) is 59.5 Å². The first-order chi connectivity index (χ1) is 10.6. The van der Waals surface area contributed by atoms with Crippen molar-refractivity contribution < 1.29 is 9.00 Å². The molecule has 2 aromatic carbocycles. The summed E-state index contributed by atoms with van der Waals surface area (Å²) in [6.07, 6.45) is 1.38. The predicted molar refractivity (Wildman–Crippen MR) is 89.7 cm³/mol. The van der Waals surface area contributed by atoms with Gasteiger partial charge in [-0.3, -0.25) is 9.52 Å². The van der Waals surface area contributed by atoms with Gasteiger partial charge in [0.1, 0.15) is 0 Å². The van der Waals surface area contributed by atoms with E-state index < -0.39 is 11.0 Å². The van der Waals surface area contributed by atoms with Crippen molar-refractivity contribution in [1.82, 2.24) is 4.72 Å². The monoisotopic (exact) mass is 315 g/mol. The first-order valence-corrected chi connectivity index (χ1v) is 8.58. The number of hydrogen-bond donors (Lipinski definition) is 1. The van der Waals surface area contributed by atoms with Gasteiger partial charge in [-0.25, -0.2) is 4.21 Å². The molecule has 0 fully saturated rings. The summed E-state index contributed by atoms with van der Waals surface area (Å²) in [6, 6.07) is 17.2. The van der Waals surface area contributed by atoms with Gasteiger partial charge in [0.2, 0.25) is 5.91 Å². The average Bonchev–Trinajstić information content (AvgIpc) is 2.54. The van der Waals surface area contributed by atoms with Crippen molar-refractivity contribution in [2.75, 3.05) is 0 Å². The van der Waals surface area contributed by atoms with E-state index in [9.17, 15) is 9.00 Å². The highest BCUT2D eigenvalue weighted by Crippen LogP contribution is 2.14. The van der Waals surface area contributed by atoms with E-state index in [0.717, 1.165) is 11.1 Å². The van der Waals surface area contributed by atoms with Gasteiger partial charge in [0.15, 0.2) is 11.0 Å².